The monoisotopic (exact) mass is 116 g/mol. The Hall–Kier alpha value is -0.0800. The summed E-state index contributed by atoms with van der Waals surface area (Å²) in [5, 5.41) is 8.36. The van der Waals surface area contributed by atoms with Gasteiger partial charge in [-0.15, -0.1) is 0 Å². The van der Waals surface area contributed by atoms with E-state index in [9.17, 15) is 0 Å². The highest BCUT2D eigenvalue weighted by atomic mass is 16.5. The average molecular weight is 116 g/mol. The van der Waals surface area contributed by atoms with Crippen molar-refractivity contribution in [3.63, 3.8) is 0 Å². The molecule has 1 radical (unpaired) electrons. The van der Waals surface area contributed by atoms with Gasteiger partial charge < -0.3 is 5.21 Å². The van der Waals surface area contributed by atoms with Crippen LogP contribution < -0.4 is 5.48 Å². The maximum atomic E-state index is 8.36. The van der Waals surface area contributed by atoms with Crippen molar-refractivity contribution in [3.05, 3.63) is 6.92 Å². The van der Waals surface area contributed by atoms with Crippen LogP contribution in [0.2, 0.25) is 0 Å². The van der Waals surface area contributed by atoms with Crippen molar-refractivity contribution >= 4 is 0 Å². The maximum absolute atomic E-state index is 8.36. The van der Waals surface area contributed by atoms with Crippen LogP contribution in [0.4, 0.5) is 0 Å². The molecule has 1 unspecified atom stereocenters. The third-order valence-corrected chi connectivity index (χ3v) is 1.20. The van der Waals surface area contributed by atoms with Gasteiger partial charge in [0.25, 0.3) is 0 Å². The summed E-state index contributed by atoms with van der Waals surface area (Å²) in [5.74, 6) is 0. The minimum absolute atomic E-state index is 0.0365. The predicted octanol–water partition coefficient (Wildman–Crippen LogP) is 1.21. The van der Waals surface area contributed by atoms with Gasteiger partial charge in [0.15, 0.2) is 0 Å². The van der Waals surface area contributed by atoms with Crippen molar-refractivity contribution < 1.29 is 5.21 Å². The lowest BCUT2D eigenvalue weighted by molar-refractivity contribution is 0.0941. The molecule has 2 nitrogen and oxygen atoms in total. The van der Waals surface area contributed by atoms with Crippen LogP contribution >= 0.6 is 0 Å². The maximum Gasteiger partial charge on any atom is 0.0368 e. The Balaban J connectivity index is 3.62. The van der Waals surface area contributed by atoms with E-state index >= 15 is 0 Å². The van der Waals surface area contributed by atoms with Crippen molar-refractivity contribution in [1.82, 2.24) is 5.48 Å². The molecule has 0 bridgehead atoms. The third-order valence-electron chi connectivity index (χ3n) is 1.20. The summed E-state index contributed by atoms with van der Waals surface area (Å²) >= 11 is 0. The van der Waals surface area contributed by atoms with E-state index in [1.165, 1.54) is 0 Å². The summed E-state index contributed by atoms with van der Waals surface area (Å²) < 4.78 is 0. The lowest BCUT2D eigenvalue weighted by atomic mass is 9.89. The number of hydroxylamine groups is 1. The Labute approximate surface area is 50.9 Å². The first kappa shape index (κ1) is 7.92. The standard InChI is InChI=1S/C6H14NO/c1-5(7-8)6(2,3)4/h5,7-8H,1H2,2-4H3. The molecule has 0 aromatic carbocycles. The zero-order chi connectivity index (χ0) is 6.78. The van der Waals surface area contributed by atoms with Crippen LogP contribution in [0.5, 0.6) is 0 Å². The molecule has 0 aliphatic heterocycles. The number of rotatable bonds is 1. The highest BCUT2D eigenvalue weighted by Crippen LogP contribution is 2.17. The van der Waals surface area contributed by atoms with Crippen LogP contribution in [0.15, 0.2) is 0 Å². The predicted molar refractivity (Wildman–Crippen MR) is 33.5 cm³/mol. The molecule has 0 amide bonds. The Morgan fingerprint density at radius 1 is 1.50 bits per heavy atom. The van der Waals surface area contributed by atoms with Gasteiger partial charge in [-0.25, -0.2) is 5.48 Å². The molecule has 2 heteroatoms. The second-order valence-corrected chi connectivity index (χ2v) is 3.05. The van der Waals surface area contributed by atoms with Crippen LogP contribution in [-0.2, 0) is 0 Å². The fourth-order valence-corrected chi connectivity index (χ4v) is 0.194. The number of hydrogen-bond acceptors (Lipinski definition) is 2. The molecule has 0 rings (SSSR count). The zero-order valence-corrected chi connectivity index (χ0v) is 5.73. The Morgan fingerprint density at radius 2 is 1.88 bits per heavy atom. The van der Waals surface area contributed by atoms with Crippen LogP contribution in [0.25, 0.3) is 0 Å². The van der Waals surface area contributed by atoms with Gasteiger partial charge in [0.2, 0.25) is 0 Å². The number of hydrogen-bond donors (Lipinski definition) is 2. The summed E-state index contributed by atoms with van der Waals surface area (Å²) in [4.78, 5) is 0. The Morgan fingerprint density at radius 3 is 1.88 bits per heavy atom. The van der Waals surface area contributed by atoms with E-state index in [1.54, 1.807) is 0 Å². The van der Waals surface area contributed by atoms with Crippen molar-refractivity contribution in [2.24, 2.45) is 5.41 Å². The Kier molecular flexibility index (Phi) is 2.44. The molecule has 1 atom stereocenters. The van der Waals surface area contributed by atoms with E-state index in [0.717, 1.165) is 0 Å². The smallest absolute Gasteiger partial charge is 0.0368 e. The first-order valence-electron chi connectivity index (χ1n) is 2.71. The van der Waals surface area contributed by atoms with Gasteiger partial charge in [0.1, 0.15) is 0 Å². The fourth-order valence-electron chi connectivity index (χ4n) is 0.194. The van der Waals surface area contributed by atoms with Crippen molar-refractivity contribution in [2.45, 2.75) is 26.8 Å². The second-order valence-electron chi connectivity index (χ2n) is 3.05. The van der Waals surface area contributed by atoms with Gasteiger partial charge in [-0.05, 0) is 12.3 Å². The minimum Gasteiger partial charge on any atom is -0.317 e. The van der Waals surface area contributed by atoms with Gasteiger partial charge in [-0.1, -0.05) is 20.8 Å². The largest absolute Gasteiger partial charge is 0.317 e. The van der Waals surface area contributed by atoms with Crippen LogP contribution in [0.1, 0.15) is 20.8 Å². The first-order valence-corrected chi connectivity index (χ1v) is 2.71. The van der Waals surface area contributed by atoms with Crippen molar-refractivity contribution in [2.75, 3.05) is 0 Å². The van der Waals surface area contributed by atoms with Gasteiger partial charge >= 0.3 is 0 Å². The van der Waals surface area contributed by atoms with E-state index in [4.69, 9.17) is 5.21 Å². The van der Waals surface area contributed by atoms with Gasteiger partial charge in [0.05, 0.1) is 0 Å². The van der Waals surface area contributed by atoms with E-state index in [2.05, 4.69) is 12.4 Å². The molecule has 0 fully saturated rings. The molecule has 0 aliphatic rings. The van der Waals surface area contributed by atoms with E-state index in [1.807, 2.05) is 20.8 Å². The topological polar surface area (TPSA) is 32.3 Å². The summed E-state index contributed by atoms with van der Waals surface area (Å²) in [6.45, 7) is 9.69. The lowest BCUT2D eigenvalue weighted by Crippen LogP contribution is -2.35. The highest BCUT2D eigenvalue weighted by Gasteiger charge is 2.18. The molecular weight excluding hydrogens is 102 g/mol. The molecule has 0 heterocycles. The first-order chi connectivity index (χ1) is 3.48. The molecule has 49 valence electrons. The molecule has 0 aliphatic carbocycles. The normalized spacial score (nSPS) is 16.1. The van der Waals surface area contributed by atoms with Crippen LogP contribution in [0, 0.1) is 12.3 Å². The van der Waals surface area contributed by atoms with E-state index in [0.29, 0.717) is 0 Å². The highest BCUT2D eigenvalue weighted by molar-refractivity contribution is 4.78. The van der Waals surface area contributed by atoms with Gasteiger partial charge in [-0.3, -0.25) is 0 Å². The zero-order valence-electron chi connectivity index (χ0n) is 5.73. The van der Waals surface area contributed by atoms with Crippen LogP contribution in [0.3, 0.4) is 0 Å². The fraction of sp³-hybridized carbons (Fsp3) is 0.833. The van der Waals surface area contributed by atoms with Gasteiger partial charge in [0, 0.05) is 6.04 Å². The lowest BCUT2D eigenvalue weighted by Gasteiger charge is -2.24. The molecule has 0 aromatic rings. The SMILES string of the molecule is [CH2]C(NO)C(C)(C)C. The van der Waals surface area contributed by atoms with E-state index < -0.39 is 0 Å². The molecule has 8 heavy (non-hydrogen) atoms. The molecule has 0 aromatic heterocycles. The summed E-state index contributed by atoms with van der Waals surface area (Å²) in [6.07, 6.45) is 0. The molecule has 0 saturated carbocycles. The number of nitrogens with one attached hydrogen (secondary N) is 1. The Bertz CT molecular complexity index is 65.4. The molecular formula is C6H14NO. The third kappa shape index (κ3) is 2.28. The average Bonchev–Trinajstić information content (AvgIpc) is 1.62. The summed E-state index contributed by atoms with van der Waals surface area (Å²) in [5.41, 5.74) is 2.13. The summed E-state index contributed by atoms with van der Waals surface area (Å²) in [6, 6.07) is -0.0949. The minimum atomic E-state index is -0.0949. The van der Waals surface area contributed by atoms with E-state index in [-0.39, 0.29) is 11.5 Å². The molecule has 0 spiro atoms. The van der Waals surface area contributed by atoms with Crippen molar-refractivity contribution in [1.29, 1.82) is 0 Å². The second kappa shape index (κ2) is 2.46. The summed E-state index contributed by atoms with van der Waals surface area (Å²) in [7, 11) is 0. The van der Waals surface area contributed by atoms with Crippen LogP contribution in [-0.4, -0.2) is 11.2 Å². The molecule has 2 N–H and O–H groups in total. The quantitative estimate of drug-likeness (QED) is 0.505. The van der Waals surface area contributed by atoms with Gasteiger partial charge in [-0.2, -0.15) is 0 Å². The van der Waals surface area contributed by atoms with Crippen molar-refractivity contribution in [3.8, 4) is 0 Å². The molecule has 0 saturated heterocycles.